The molecule has 0 bridgehead atoms. The van der Waals surface area contributed by atoms with Crippen LogP contribution in [0, 0.1) is 5.92 Å². The van der Waals surface area contributed by atoms with Crippen molar-refractivity contribution < 1.29 is 24.3 Å². The van der Waals surface area contributed by atoms with Crippen LogP contribution in [0.25, 0.3) is 11.3 Å². The number of nitrogens with zero attached hydrogens (tertiary/aromatic N) is 2. The standard InChI is InChI=1S/C18H20N2O5/c21-14(22)7-6-12-8-10-20(11-9-12)17-15(18(23)24)16(25-19-17)13-4-2-1-3-5-13/h1-5,12H,6-11H2,(H,21,22)(H,23,24). The number of anilines is 1. The highest BCUT2D eigenvalue weighted by molar-refractivity contribution is 5.99. The lowest BCUT2D eigenvalue weighted by Crippen LogP contribution is -2.35. The van der Waals surface area contributed by atoms with E-state index in [1.807, 2.05) is 23.1 Å². The van der Waals surface area contributed by atoms with Crippen molar-refractivity contribution in [3.05, 3.63) is 35.9 Å². The molecular formula is C18H20N2O5. The van der Waals surface area contributed by atoms with Crippen LogP contribution in [0.4, 0.5) is 5.82 Å². The highest BCUT2D eigenvalue weighted by atomic mass is 16.5. The summed E-state index contributed by atoms with van der Waals surface area (Å²) in [5.41, 5.74) is 0.755. The van der Waals surface area contributed by atoms with Gasteiger partial charge in [0.1, 0.15) is 0 Å². The third kappa shape index (κ3) is 3.81. The van der Waals surface area contributed by atoms with E-state index in [2.05, 4.69) is 5.16 Å². The number of carboxylic acid groups (broad SMARTS) is 2. The lowest BCUT2D eigenvalue weighted by atomic mass is 9.92. The van der Waals surface area contributed by atoms with Crippen molar-refractivity contribution in [1.82, 2.24) is 5.16 Å². The molecule has 1 aromatic heterocycles. The Labute approximate surface area is 144 Å². The first kappa shape index (κ1) is 17.0. The molecule has 1 aromatic carbocycles. The minimum atomic E-state index is -1.07. The summed E-state index contributed by atoms with van der Waals surface area (Å²) in [4.78, 5) is 24.4. The number of benzene rings is 1. The maximum Gasteiger partial charge on any atom is 0.343 e. The summed E-state index contributed by atoms with van der Waals surface area (Å²) in [6, 6.07) is 9.06. The van der Waals surface area contributed by atoms with Gasteiger partial charge in [-0.3, -0.25) is 4.79 Å². The summed E-state index contributed by atoms with van der Waals surface area (Å²) >= 11 is 0. The number of piperidine rings is 1. The predicted octanol–water partition coefficient (Wildman–Crippen LogP) is 3.12. The van der Waals surface area contributed by atoms with Crippen molar-refractivity contribution >= 4 is 17.8 Å². The SMILES string of the molecule is O=C(O)CCC1CCN(c2noc(-c3ccccc3)c2C(=O)O)CC1. The molecule has 25 heavy (non-hydrogen) atoms. The van der Waals surface area contributed by atoms with E-state index in [4.69, 9.17) is 9.63 Å². The number of aromatic nitrogens is 1. The fraction of sp³-hybridized carbons (Fsp3) is 0.389. The van der Waals surface area contributed by atoms with Crippen LogP contribution in [0.2, 0.25) is 0 Å². The molecule has 0 amide bonds. The molecule has 2 heterocycles. The molecule has 0 spiro atoms. The summed E-state index contributed by atoms with van der Waals surface area (Å²) in [6.45, 7) is 1.29. The smallest absolute Gasteiger partial charge is 0.343 e. The number of aromatic carboxylic acids is 1. The Bertz CT molecular complexity index is 748. The van der Waals surface area contributed by atoms with E-state index < -0.39 is 11.9 Å². The Hall–Kier alpha value is -2.83. The first-order valence-electron chi connectivity index (χ1n) is 8.31. The number of aliphatic carboxylic acids is 1. The molecule has 0 unspecified atom stereocenters. The molecule has 2 N–H and O–H groups in total. The molecular weight excluding hydrogens is 324 g/mol. The summed E-state index contributed by atoms with van der Waals surface area (Å²) in [5, 5.41) is 22.4. The lowest BCUT2D eigenvalue weighted by molar-refractivity contribution is -0.137. The van der Waals surface area contributed by atoms with Gasteiger partial charge in [0.2, 0.25) is 0 Å². The topological polar surface area (TPSA) is 104 Å². The number of carboxylic acids is 2. The van der Waals surface area contributed by atoms with E-state index in [-0.39, 0.29) is 17.7 Å². The van der Waals surface area contributed by atoms with Gasteiger partial charge in [-0.15, -0.1) is 0 Å². The van der Waals surface area contributed by atoms with E-state index in [1.165, 1.54) is 0 Å². The molecule has 1 aliphatic heterocycles. The van der Waals surface area contributed by atoms with E-state index in [1.54, 1.807) is 12.1 Å². The van der Waals surface area contributed by atoms with Crippen LogP contribution in [0.5, 0.6) is 0 Å². The predicted molar refractivity (Wildman–Crippen MR) is 90.7 cm³/mol. The highest BCUT2D eigenvalue weighted by Gasteiger charge is 2.30. The van der Waals surface area contributed by atoms with Gasteiger partial charge < -0.3 is 19.6 Å². The van der Waals surface area contributed by atoms with E-state index in [0.29, 0.717) is 36.8 Å². The third-order valence-electron chi connectivity index (χ3n) is 4.60. The van der Waals surface area contributed by atoms with Crippen molar-refractivity contribution in [2.24, 2.45) is 5.92 Å². The molecule has 0 radical (unpaired) electrons. The molecule has 132 valence electrons. The maximum atomic E-state index is 11.8. The number of carbonyl (C=O) groups is 2. The number of hydrogen-bond donors (Lipinski definition) is 2. The second-order valence-corrected chi connectivity index (χ2v) is 6.24. The van der Waals surface area contributed by atoms with E-state index in [9.17, 15) is 14.7 Å². The largest absolute Gasteiger partial charge is 0.481 e. The second-order valence-electron chi connectivity index (χ2n) is 6.24. The summed E-state index contributed by atoms with van der Waals surface area (Å²) < 4.78 is 5.35. The monoisotopic (exact) mass is 344 g/mol. The van der Waals surface area contributed by atoms with Crippen molar-refractivity contribution in [3.8, 4) is 11.3 Å². The fourth-order valence-electron chi connectivity index (χ4n) is 3.24. The van der Waals surface area contributed by atoms with Gasteiger partial charge in [-0.05, 0) is 25.2 Å². The molecule has 2 aromatic rings. The van der Waals surface area contributed by atoms with Crippen molar-refractivity contribution in [1.29, 1.82) is 0 Å². The average molecular weight is 344 g/mol. The van der Waals surface area contributed by atoms with Crippen LogP contribution in [-0.4, -0.2) is 40.4 Å². The molecule has 0 atom stereocenters. The van der Waals surface area contributed by atoms with Crippen LogP contribution in [0.3, 0.4) is 0 Å². The molecule has 0 aliphatic carbocycles. The molecule has 7 nitrogen and oxygen atoms in total. The van der Waals surface area contributed by atoms with Gasteiger partial charge in [0, 0.05) is 25.1 Å². The molecule has 1 aliphatic rings. The molecule has 7 heteroatoms. The van der Waals surface area contributed by atoms with Gasteiger partial charge in [-0.25, -0.2) is 4.79 Å². The Morgan fingerprint density at radius 1 is 1.16 bits per heavy atom. The lowest BCUT2D eigenvalue weighted by Gasteiger charge is -2.31. The average Bonchev–Trinajstić information content (AvgIpc) is 3.06. The first-order chi connectivity index (χ1) is 12.1. The quantitative estimate of drug-likeness (QED) is 0.829. The maximum absolute atomic E-state index is 11.8. The zero-order valence-corrected chi connectivity index (χ0v) is 13.7. The van der Waals surface area contributed by atoms with Crippen LogP contribution in [-0.2, 0) is 4.79 Å². The van der Waals surface area contributed by atoms with Gasteiger partial charge in [-0.2, -0.15) is 0 Å². The van der Waals surface area contributed by atoms with Gasteiger partial charge >= 0.3 is 11.9 Å². The van der Waals surface area contributed by atoms with Crippen molar-refractivity contribution in [3.63, 3.8) is 0 Å². The van der Waals surface area contributed by atoms with E-state index in [0.717, 1.165) is 12.8 Å². The Kier molecular flexibility index (Phi) is 5.02. The summed E-state index contributed by atoms with van der Waals surface area (Å²) in [5.74, 6) is -0.886. The molecule has 1 saturated heterocycles. The van der Waals surface area contributed by atoms with Gasteiger partial charge in [0.25, 0.3) is 0 Å². The van der Waals surface area contributed by atoms with E-state index >= 15 is 0 Å². The summed E-state index contributed by atoms with van der Waals surface area (Å²) in [7, 11) is 0. The number of rotatable bonds is 6. The van der Waals surface area contributed by atoms with Crippen LogP contribution in [0.1, 0.15) is 36.0 Å². The van der Waals surface area contributed by atoms with Crippen LogP contribution < -0.4 is 4.90 Å². The normalized spacial score (nSPS) is 15.3. The van der Waals surface area contributed by atoms with Crippen molar-refractivity contribution in [2.75, 3.05) is 18.0 Å². The summed E-state index contributed by atoms with van der Waals surface area (Å²) in [6.07, 6.45) is 2.47. The molecule has 3 rings (SSSR count). The van der Waals surface area contributed by atoms with Gasteiger partial charge in [0.05, 0.1) is 0 Å². The van der Waals surface area contributed by atoms with Crippen LogP contribution >= 0.6 is 0 Å². The van der Waals surface area contributed by atoms with Crippen molar-refractivity contribution in [2.45, 2.75) is 25.7 Å². The molecule has 0 saturated carbocycles. The second kappa shape index (κ2) is 7.38. The Morgan fingerprint density at radius 3 is 2.44 bits per heavy atom. The van der Waals surface area contributed by atoms with Gasteiger partial charge in [0.15, 0.2) is 17.1 Å². The Morgan fingerprint density at radius 2 is 1.84 bits per heavy atom. The zero-order chi connectivity index (χ0) is 17.8. The highest BCUT2D eigenvalue weighted by Crippen LogP contribution is 2.33. The third-order valence-corrected chi connectivity index (χ3v) is 4.60. The molecule has 1 fully saturated rings. The minimum absolute atomic E-state index is 0.0789. The minimum Gasteiger partial charge on any atom is -0.481 e. The van der Waals surface area contributed by atoms with Crippen LogP contribution in [0.15, 0.2) is 34.9 Å². The zero-order valence-electron chi connectivity index (χ0n) is 13.7. The fourth-order valence-corrected chi connectivity index (χ4v) is 3.24. The number of hydrogen-bond acceptors (Lipinski definition) is 5. The first-order valence-corrected chi connectivity index (χ1v) is 8.31. The Balaban J connectivity index is 1.77. The van der Waals surface area contributed by atoms with Gasteiger partial charge in [-0.1, -0.05) is 35.5 Å².